The largest absolute Gasteiger partial charge is 0.626 e. The van der Waals surface area contributed by atoms with Crippen molar-refractivity contribution in [2.45, 2.75) is 52.1 Å². The molecular formula is C23H27FN6O2S. The van der Waals surface area contributed by atoms with Crippen molar-refractivity contribution in [3.8, 4) is 10.8 Å². The van der Waals surface area contributed by atoms with Gasteiger partial charge >= 0.3 is 0 Å². The summed E-state index contributed by atoms with van der Waals surface area (Å²) in [5, 5.41) is 14.8. The molecule has 0 N–H and O–H groups in total. The third-order valence-electron chi connectivity index (χ3n) is 6.66. The Hall–Kier alpha value is -2.69. The fraction of sp³-hybridized carbons (Fsp3) is 0.478. The van der Waals surface area contributed by atoms with E-state index in [0.717, 1.165) is 31.4 Å². The molecule has 0 radical (unpaired) electrons. The Labute approximate surface area is 196 Å². The third-order valence-corrected chi connectivity index (χ3v) is 7.46. The number of amides is 1. The number of halogens is 1. The average molecular weight is 471 g/mol. The summed E-state index contributed by atoms with van der Waals surface area (Å²) in [6.45, 7) is 5.71. The van der Waals surface area contributed by atoms with Crippen LogP contribution in [0.5, 0.6) is 0 Å². The maximum Gasteiger partial charge on any atom is 0.254 e. The van der Waals surface area contributed by atoms with Crippen LogP contribution in [0, 0.1) is 17.9 Å². The zero-order chi connectivity index (χ0) is 23.2. The van der Waals surface area contributed by atoms with E-state index in [1.165, 1.54) is 35.8 Å². The van der Waals surface area contributed by atoms with Crippen LogP contribution < -0.4 is 4.65 Å². The van der Waals surface area contributed by atoms with Crippen LogP contribution >= 0.6 is 11.5 Å². The topological polar surface area (TPSA) is 87.0 Å². The summed E-state index contributed by atoms with van der Waals surface area (Å²) in [6, 6.07) is 5.24. The fourth-order valence-corrected chi connectivity index (χ4v) is 5.61. The molecule has 1 saturated heterocycles. The number of benzene rings is 1. The Morgan fingerprint density at radius 3 is 2.45 bits per heavy atom. The van der Waals surface area contributed by atoms with Crippen molar-refractivity contribution in [3.05, 3.63) is 52.4 Å². The van der Waals surface area contributed by atoms with Crippen molar-refractivity contribution in [2.24, 2.45) is 0 Å². The maximum atomic E-state index is 14.1. The van der Waals surface area contributed by atoms with Gasteiger partial charge in [0.25, 0.3) is 11.7 Å². The van der Waals surface area contributed by atoms with Crippen LogP contribution in [0.1, 0.15) is 60.5 Å². The zero-order valence-electron chi connectivity index (χ0n) is 18.8. The summed E-state index contributed by atoms with van der Waals surface area (Å²) < 4.78 is 19.3. The molecule has 0 saturated carbocycles. The molecule has 4 heterocycles. The van der Waals surface area contributed by atoms with Gasteiger partial charge in [0.1, 0.15) is 17.3 Å². The molecule has 1 unspecified atom stereocenters. The van der Waals surface area contributed by atoms with Gasteiger partial charge in [-0.15, -0.1) is 0 Å². The molecule has 1 atom stereocenters. The van der Waals surface area contributed by atoms with E-state index in [-0.39, 0.29) is 17.8 Å². The number of aryl methyl sites for hydroxylation is 1. The van der Waals surface area contributed by atoms with E-state index in [0.29, 0.717) is 54.2 Å². The fourth-order valence-electron chi connectivity index (χ4n) is 4.94. The van der Waals surface area contributed by atoms with E-state index in [1.807, 2.05) is 13.8 Å². The summed E-state index contributed by atoms with van der Waals surface area (Å²) in [5.74, 6) is 1.26. The van der Waals surface area contributed by atoms with Gasteiger partial charge in [0, 0.05) is 18.7 Å². The SMILES string of the molecule is Cc1nsc(-c2nc([N+]3([O-])CCCCCC3)c3n2CCN(C(=O)c2ccc(F)cc2)C3C)n1. The molecule has 2 aliphatic heterocycles. The average Bonchev–Trinajstić information content (AvgIpc) is 3.34. The lowest BCUT2D eigenvalue weighted by Crippen LogP contribution is -2.47. The number of fused-ring (bicyclic) bond motifs is 1. The van der Waals surface area contributed by atoms with Crippen LogP contribution in [0.4, 0.5) is 10.2 Å². The highest BCUT2D eigenvalue weighted by Crippen LogP contribution is 2.41. The molecule has 5 rings (SSSR count). The molecule has 0 bridgehead atoms. The van der Waals surface area contributed by atoms with Crippen LogP contribution in [-0.2, 0) is 6.54 Å². The van der Waals surface area contributed by atoms with Gasteiger partial charge in [-0.1, -0.05) is 0 Å². The van der Waals surface area contributed by atoms with E-state index < -0.39 is 4.65 Å². The van der Waals surface area contributed by atoms with Gasteiger partial charge < -0.3 is 19.3 Å². The van der Waals surface area contributed by atoms with Crippen molar-refractivity contribution < 1.29 is 9.18 Å². The van der Waals surface area contributed by atoms with E-state index in [2.05, 4.69) is 13.9 Å². The molecule has 1 aromatic carbocycles. The van der Waals surface area contributed by atoms with Crippen LogP contribution in [-0.4, -0.2) is 49.3 Å². The summed E-state index contributed by atoms with van der Waals surface area (Å²) in [5.41, 5.74) is 1.20. The predicted molar refractivity (Wildman–Crippen MR) is 125 cm³/mol. The van der Waals surface area contributed by atoms with Crippen LogP contribution in [0.15, 0.2) is 24.3 Å². The van der Waals surface area contributed by atoms with Crippen molar-refractivity contribution in [1.29, 1.82) is 0 Å². The standard InChI is InChI=1S/C23H27FN6O2S/c1-15-19-21(30(32)13-5-3-4-6-14-30)26-20(22-25-16(2)27-33-22)29(19)12-11-28(15)23(31)17-7-9-18(24)10-8-17/h7-10,15H,3-6,11-14H2,1-2H3. The Bertz CT molecular complexity index is 1170. The molecule has 174 valence electrons. The first-order valence-corrected chi connectivity index (χ1v) is 12.2. The Kier molecular flexibility index (Phi) is 5.75. The van der Waals surface area contributed by atoms with Crippen LogP contribution in [0.25, 0.3) is 10.8 Å². The van der Waals surface area contributed by atoms with Gasteiger partial charge in [-0.25, -0.2) is 9.37 Å². The smallest absolute Gasteiger partial charge is 0.254 e. The number of hydrogen-bond acceptors (Lipinski definition) is 6. The highest BCUT2D eigenvalue weighted by molar-refractivity contribution is 7.09. The third kappa shape index (κ3) is 3.96. The molecule has 33 heavy (non-hydrogen) atoms. The lowest BCUT2D eigenvalue weighted by atomic mass is 10.1. The molecule has 0 spiro atoms. The maximum absolute atomic E-state index is 14.1. The number of carbonyl (C=O) groups excluding carboxylic acids is 1. The second-order valence-electron chi connectivity index (χ2n) is 8.87. The van der Waals surface area contributed by atoms with E-state index in [1.54, 1.807) is 4.90 Å². The van der Waals surface area contributed by atoms with Gasteiger partial charge in [0.2, 0.25) is 0 Å². The summed E-state index contributed by atoms with van der Waals surface area (Å²) in [4.78, 5) is 24.5. The molecule has 2 aliphatic rings. The predicted octanol–water partition coefficient (Wildman–Crippen LogP) is 4.45. The first kappa shape index (κ1) is 22.1. The Morgan fingerprint density at radius 1 is 1.12 bits per heavy atom. The number of carbonyl (C=O) groups is 1. The molecule has 1 fully saturated rings. The number of hydrogen-bond donors (Lipinski definition) is 0. The molecule has 8 nitrogen and oxygen atoms in total. The number of imidazole rings is 1. The van der Waals surface area contributed by atoms with E-state index >= 15 is 0 Å². The molecule has 10 heteroatoms. The lowest BCUT2D eigenvalue weighted by molar-refractivity contribution is 0.0643. The van der Waals surface area contributed by atoms with Gasteiger partial charge in [-0.05, 0) is 75.3 Å². The van der Waals surface area contributed by atoms with Crippen molar-refractivity contribution in [2.75, 3.05) is 19.6 Å². The molecule has 2 aromatic heterocycles. The summed E-state index contributed by atoms with van der Waals surface area (Å²) >= 11 is 1.28. The van der Waals surface area contributed by atoms with E-state index in [4.69, 9.17) is 4.98 Å². The highest BCUT2D eigenvalue weighted by Gasteiger charge is 2.40. The van der Waals surface area contributed by atoms with Crippen molar-refractivity contribution >= 4 is 23.3 Å². The number of hydroxylamine groups is 2. The van der Waals surface area contributed by atoms with Crippen molar-refractivity contribution in [1.82, 2.24) is 28.5 Å². The zero-order valence-corrected chi connectivity index (χ0v) is 19.6. The van der Waals surface area contributed by atoms with Crippen molar-refractivity contribution in [3.63, 3.8) is 0 Å². The normalized spacial score (nSPS) is 20.4. The van der Waals surface area contributed by atoms with Crippen LogP contribution in [0.2, 0.25) is 0 Å². The first-order valence-electron chi connectivity index (χ1n) is 11.4. The second kappa shape index (κ2) is 8.58. The summed E-state index contributed by atoms with van der Waals surface area (Å²) in [7, 11) is 0. The van der Waals surface area contributed by atoms with Gasteiger partial charge in [0.15, 0.2) is 10.8 Å². The number of rotatable bonds is 3. The summed E-state index contributed by atoms with van der Waals surface area (Å²) in [6.07, 6.45) is 3.81. The minimum atomic E-state index is -0.476. The molecular weight excluding hydrogens is 443 g/mol. The molecule has 0 aliphatic carbocycles. The Balaban J connectivity index is 1.59. The van der Waals surface area contributed by atoms with Crippen LogP contribution in [0.3, 0.4) is 0 Å². The first-order chi connectivity index (χ1) is 15.9. The monoisotopic (exact) mass is 470 g/mol. The van der Waals surface area contributed by atoms with E-state index in [9.17, 15) is 14.4 Å². The lowest BCUT2D eigenvalue weighted by Gasteiger charge is -2.42. The molecule has 3 aromatic rings. The van der Waals surface area contributed by atoms with Gasteiger partial charge in [-0.3, -0.25) is 4.79 Å². The quantitative estimate of drug-likeness (QED) is 0.417. The molecule has 1 amide bonds. The number of aromatic nitrogens is 4. The number of quaternary nitrogens is 1. The number of nitrogens with zero attached hydrogens (tertiary/aromatic N) is 6. The van der Waals surface area contributed by atoms with Gasteiger partial charge in [-0.2, -0.15) is 9.36 Å². The van der Waals surface area contributed by atoms with Gasteiger partial charge in [0.05, 0.1) is 19.1 Å². The highest BCUT2D eigenvalue weighted by atomic mass is 32.1. The second-order valence-corrected chi connectivity index (χ2v) is 9.63. The Morgan fingerprint density at radius 2 is 1.82 bits per heavy atom. The minimum absolute atomic E-state index is 0.178. The minimum Gasteiger partial charge on any atom is -0.626 e.